The Morgan fingerprint density at radius 2 is 2.08 bits per heavy atom. The summed E-state index contributed by atoms with van der Waals surface area (Å²) in [5.74, 6) is 0.766. The monoisotopic (exact) mass is 366 g/mol. The van der Waals surface area contributed by atoms with Crippen molar-refractivity contribution < 1.29 is 4.74 Å². The molecule has 0 bridgehead atoms. The van der Waals surface area contributed by atoms with Gasteiger partial charge in [0.05, 0.1) is 29.2 Å². The van der Waals surface area contributed by atoms with Gasteiger partial charge in [-0.2, -0.15) is 5.10 Å². The van der Waals surface area contributed by atoms with Gasteiger partial charge in [0.2, 0.25) is 0 Å². The third-order valence-electron chi connectivity index (χ3n) is 3.73. The van der Waals surface area contributed by atoms with Crippen molar-refractivity contribution in [1.29, 1.82) is 0 Å². The Kier molecular flexibility index (Phi) is 6.45. The van der Waals surface area contributed by atoms with Crippen molar-refractivity contribution in [3.05, 3.63) is 40.2 Å². The van der Waals surface area contributed by atoms with Gasteiger partial charge < -0.3 is 15.4 Å². The molecule has 2 rings (SSSR count). The summed E-state index contributed by atoms with van der Waals surface area (Å²) >= 11 is 11.5. The van der Waals surface area contributed by atoms with Gasteiger partial charge in [0.15, 0.2) is 5.11 Å². The van der Waals surface area contributed by atoms with E-state index in [1.807, 2.05) is 43.7 Å². The van der Waals surface area contributed by atoms with Crippen molar-refractivity contribution in [3.63, 3.8) is 0 Å². The minimum Gasteiger partial charge on any atom is -0.495 e. The van der Waals surface area contributed by atoms with Crippen molar-refractivity contribution in [2.45, 2.75) is 33.7 Å². The summed E-state index contributed by atoms with van der Waals surface area (Å²) in [5, 5.41) is 12.1. The van der Waals surface area contributed by atoms with Gasteiger partial charge >= 0.3 is 0 Å². The van der Waals surface area contributed by atoms with Gasteiger partial charge in [-0.05, 0) is 57.1 Å². The molecule has 0 spiro atoms. The Balaban J connectivity index is 1.81. The van der Waals surface area contributed by atoms with E-state index < -0.39 is 0 Å². The normalized spacial score (nSPS) is 10.5. The molecule has 2 N–H and O–H groups in total. The van der Waals surface area contributed by atoms with Crippen molar-refractivity contribution in [2.24, 2.45) is 0 Å². The highest BCUT2D eigenvalue weighted by atomic mass is 35.5. The molecule has 0 saturated heterocycles. The van der Waals surface area contributed by atoms with Crippen LogP contribution in [0.2, 0.25) is 5.02 Å². The van der Waals surface area contributed by atoms with Gasteiger partial charge in [-0.1, -0.05) is 17.7 Å². The number of aryl methyl sites for hydroxylation is 3. The van der Waals surface area contributed by atoms with Crippen molar-refractivity contribution in [3.8, 4) is 5.75 Å². The van der Waals surface area contributed by atoms with Gasteiger partial charge in [-0.25, -0.2) is 0 Å². The third kappa shape index (κ3) is 4.61. The van der Waals surface area contributed by atoms with Crippen LogP contribution in [0.25, 0.3) is 0 Å². The smallest absolute Gasteiger partial charge is 0.170 e. The van der Waals surface area contributed by atoms with Gasteiger partial charge in [-0.15, -0.1) is 0 Å². The van der Waals surface area contributed by atoms with E-state index in [9.17, 15) is 0 Å². The Morgan fingerprint density at radius 1 is 1.33 bits per heavy atom. The summed E-state index contributed by atoms with van der Waals surface area (Å²) < 4.78 is 7.27. The van der Waals surface area contributed by atoms with Crippen LogP contribution in [0, 0.1) is 20.8 Å². The van der Waals surface area contributed by atoms with Gasteiger partial charge in [0, 0.05) is 13.1 Å². The van der Waals surface area contributed by atoms with E-state index in [0.717, 1.165) is 52.9 Å². The SMILES string of the molecule is COc1ccc(C)cc1NC(=S)NCCCn1nc(C)c(Cl)c1C. The molecule has 0 aliphatic rings. The number of ether oxygens (including phenoxy) is 1. The highest BCUT2D eigenvalue weighted by Crippen LogP contribution is 2.25. The summed E-state index contributed by atoms with van der Waals surface area (Å²) in [6, 6.07) is 5.93. The fraction of sp³-hybridized carbons (Fsp3) is 0.412. The Hall–Kier alpha value is -1.79. The third-order valence-corrected chi connectivity index (χ3v) is 4.52. The van der Waals surface area contributed by atoms with E-state index in [2.05, 4.69) is 15.7 Å². The van der Waals surface area contributed by atoms with Crippen LogP contribution in [0.1, 0.15) is 23.4 Å². The number of rotatable bonds is 6. The van der Waals surface area contributed by atoms with Gasteiger partial charge in [-0.3, -0.25) is 4.68 Å². The van der Waals surface area contributed by atoms with Gasteiger partial charge in [0.25, 0.3) is 0 Å². The molecule has 1 heterocycles. The molecule has 2 aromatic rings. The largest absolute Gasteiger partial charge is 0.495 e. The standard InChI is InChI=1S/C17H23ClN4OS/c1-11-6-7-15(23-4)14(10-11)20-17(24)19-8-5-9-22-13(3)16(18)12(2)21-22/h6-7,10H,5,8-9H2,1-4H3,(H2,19,20,24). The average Bonchev–Trinajstić information content (AvgIpc) is 2.79. The number of nitrogens with one attached hydrogen (secondary N) is 2. The molecule has 0 amide bonds. The van der Waals surface area contributed by atoms with Gasteiger partial charge in [0.1, 0.15) is 5.75 Å². The molecule has 0 saturated carbocycles. The Labute approximate surface area is 153 Å². The van der Waals surface area contributed by atoms with Crippen molar-refractivity contribution in [2.75, 3.05) is 19.0 Å². The van der Waals surface area contributed by atoms with E-state index in [4.69, 9.17) is 28.6 Å². The summed E-state index contributed by atoms with van der Waals surface area (Å²) in [5.41, 5.74) is 3.87. The summed E-state index contributed by atoms with van der Waals surface area (Å²) in [7, 11) is 1.64. The van der Waals surface area contributed by atoms with Crippen LogP contribution < -0.4 is 15.4 Å². The molecule has 24 heavy (non-hydrogen) atoms. The average molecular weight is 367 g/mol. The molecule has 0 aliphatic heterocycles. The number of thiocarbonyl (C=S) groups is 1. The van der Waals surface area contributed by atoms with Crippen LogP contribution >= 0.6 is 23.8 Å². The maximum absolute atomic E-state index is 6.15. The fourth-order valence-electron chi connectivity index (χ4n) is 2.41. The number of hydrogen-bond donors (Lipinski definition) is 2. The Bertz CT molecular complexity index is 730. The number of methoxy groups -OCH3 is 1. The minimum absolute atomic E-state index is 0.574. The number of aromatic nitrogens is 2. The topological polar surface area (TPSA) is 51.1 Å². The molecular formula is C17H23ClN4OS. The van der Waals surface area contributed by atoms with Crippen LogP contribution in [-0.4, -0.2) is 28.5 Å². The molecule has 0 atom stereocenters. The quantitative estimate of drug-likeness (QED) is 0.600. The first-order chi connectivity index (χ1) is 11.4. The van der Waals surface area contributed by atoms with E-state index in [-0.39, 0.29) is 0 Å². The number of halogens is 1. The second kappa shape index (κ2) is 8.35. The lowest BCUT2D eigenvalue weighted by atomic mass is 10.2. The zero-order valence-corrected chi connectivity index (χ0v) is 16.0. The van der Waals surface area contributed by atoms with E-state index in [1.54, 1.807) is 7.11 Å². The number of hydrogen-bond acceptors (Lipinski definition) is 3. The molecule has 0 unspecified atom stereocenters. The maximum Gasteiger partial charge on any atom is 0.170 e. The van der Waals surface area contributed by atoms with Crippen LogP contribution in [0.3, 0.4) is 0 Å². The molecule has 7 heteroatoms. The highest BCUT2D eigenvalue weighted by Gasteiger charge is 2.09. The zero-order chi connectivity index (χ0) is 17.7. The lowest BCUT2D eigenvalue weighted by Gasteiger charge is -2.14. The number of nitrogens with zero attached hydrogens (tertiary/aromatic N) is 2. The van der Waals surface area contributed by atoms with Crippen LogP contribution in [0.4, 0.5) is 5.69 Å². The first-order valence-corrected chi connectivity index (χ1v) is 8.60. The first-order valence-electron chi connectivity index (χ1n) is 7.81. The summed E-state index contributed by atoms with van der Waals surface area (Å²) in [4.78, 5) is 0. The van der Waals surface area contributed by atoms with Crippen LogP contribution in [0.15, 0.2) is 18.2 Å². The Morgan fingerprint density at radius 3 is 2.71 bits per heavy atom. The minimum atomic E-state index is 0.574. The van der Waals surface area contributed by atoms with Crippen LogP contribution in [0.5, 0.6) is 5.75 Å². The number of benzene rings is 1. The lowest BCUT2D eigenvalue weighted by Crippen LogP contribution is -2.30. The van der Waals surface area contributed by atoms with E-state index in [1.165, 1.54) is 0 Å². The highest BCUT2D eigenvalue weighted by molar-refractivity contribution is 7.80. The molecule has 5 nitrogen and oxygen atoms in total. The second-order valence-electron chi connectivity index (χ2n) is 5.65. The molecule has 0 aliphatic carbocycles. The summed E-state index contributed by atoms with van der Waals surface area (Å²) in [6.45, 7) is 7.46. The predicted octanol–water partition coefficient (Wildman–Crippen LogP) is 3.85. The molecule has 1 aromatic carbocycles. The van der Waals surface area contributed by atoms with E-state index >= 15 is 0 Å². The number of anilines is 1. The first kappa shape index (κ1) is 18.5. The predicted molar refractivity (Wildman–Crippen MR) is 103 cm³/mol. The second-order valence-corrected chi connectivity index (χ2v) is 6.43. The lowest BCUT2D eigenvalue weighted by molar-refractivity contribution is 0.417. The summed E-state index contributed by atoms with van der Waals surface area (Å²) in [6.07, 6.45) is 0.894. The molecule has 0 radical (unpaired) electrons. The van der Waals surface area contributed by atoms with E-state index in [0.29, 0.717) is 5.11 Å². The zero-order valence-electron chi connectivity index (χ0n) is 14.4. The van der Waals surface area contributed by atoms with Crippen molar-refractivity contribution in [1.82, 2.24) is 15.1 Å². The van der Waals surface area contributed by atoms with Crippen molar-refractivity contribution >= 4 is 34.6 Å². The van der Waals surface area contributed by atoms with Crippen LogP contribution in [-0.2, 0) is 6.54 Å². The molecule has 130 valence electrons. The maximum atomic E-state index is 6.15. The molecule has 0 fully saturated rings. The fourth-order valence-corrected chi connectivity index (χ4v) is 2.76. The molecular weight excluding hydrogens is 344 g/mol. The molecule has 1 aromatic heterocycles.